The SMILES string of the molecule is CCCOc1c(Cl)cc(CN2C[C@@H](O)C[C@H]2CO)cc1OC. The van der Waals surface area contributed by atoms with Gasteiger partial charge in [0.25, 0.3) is 0 Å². The minimum absolute atomic E-state index is 0.0178. The van der Waals surface area contributed by atoms with Crippen molar-refractivity contribution in [3.05, 3.63) is 22.7 Å². The molecule has 2 N–H and O–H groups in total. The molecule has 2 atom stereocenters. The third kappa shape index (κ3) is 4.04. The summed E-state index contributed by atoms with van der Waals surface area (Å²) in [5.41, 5.74) is 0.971. The number of methoxy groups -OCH3 is 1. The van der Waals surface area contributed by atoms with Gasteiger partial charge in [0.2, 0.25) is 0 Å². The molecule has 0 bridgehead atoms. The smallest absolute Gasteiger partial charge is 0.179 e. The van der Waals surface area contributed by atoms with E-state index in [2.05, 4.69) is 4.90 Å². The summed E-state index contributed by atoms with van der Waals surface area (Å²) in [6.07, 6.45) is 1.10. The average molecular weight is 330 g/mol. The average Bonchev–Trinajstić information content (AvgIpc) is 2.85. The first-order valence-corrected chi connectivity index (χ1v) is 7.99. The summed E-state index contributed by atoms with van der Waals surface area (Å²) in [7, 11) is 1.59. The third-order valence-electron chi connectivity index (χ3n) is 3.84. The maximum Gasteiger partial charge on any atom is 0.179 e. The van der Waals surface area contributed by atoms with Gasteiger partial charge in [-0.15, -0.1) is 0 Å². The number of benzene rings is 1. The summed E-state index contributed by atoms with van der Waals surface area (Å²) in [5, 5.41) is 19.7. The molecule has 1 fully saturated rings. The standard InChI is InChI=1S/C16H24ClNO4/c1-3-4-22-16-14(17)5-11(6-15(16)21-2)8-18-9-13(20)7-12(18)10-19/h5-6,12-13,19-20H,3-4,7-10H2,1-2H3/t12-,13-/m0/s1. The summed E-state index contributed by atoms with van der Waals surface area (Å²) < 4.78 is 11.0. The number of aliphatic hydroxyl groups excluding tert-OH is 2. The second kappa shape index (κ2) is 8.02. The van der Waals surface area contributed by atoms with E-state index in [-0.39, 0.29) is 18.8 Å². The molecule has 1 aromatic rings. The monoisotopic (exact) mass is 329 g/mol. The predicted molar refractivity (Wildman–Crippen MR) is 85.7 cm³/mol. The molecule has 22 heavy (non-hydrogen) atoms. The zero-order valence-corrected chi connectivity index (χ0v) is 13.8. The Bertz CT molecular complexity index is 497. The molecule has 0 unspecified atom stereocenters. The van der Waals surface area contributed by atoms with E-state index in [0.717, 1.165) is 12.0 Å². The van der Waals surface area contributed by atoms with Gasteiger partial charge in [-0.05, 0) is 30.5 Å². The largest absolute Gasteiger partial charge is 0.493 e. The first-order valence-electron chi connectivity index (χ1n) is 7.61. The van der Waals surface area contributed by atoms with Crippen LogP contribution in [0.2, 0.25) is 5.02 Å². The van der Waals surface area contributed by atoms with Gasteiger partial charge in [-0.3, -0.25) is 4.90 Å². The van der Waals surface area contributed by atoms with Gasteiger partial charge >= 0.3 is 0 Å². The van der Waals surface area contributed by atoms with Crippen molar-refractivity contribution in [1.29, 1.82) is 0 Å². The second-order valence-corrected chi connectivity index (χ2v) is 6.02. The van der Waals surface area contributed by atoms with Crippen molar-refractivity contribution in [3.8, 4) is 11.5 Å². The van der Waals surface area contributed by atoms with Crippen LogP contribution in [0.25, 0.3) is 0 Å². The van der Waals surface area contributed by atoms with Crippen molar-refractivity contribution in [2.24, 2.45) is 0 Å². The number of hydrogen-bond donors (Lipinski definition) is 2. The van der Waals surface area contributed by atoms with Gasteiger partial charge in [-0.2, -0.15) is 0 Å². The lowest BCUT2D eigenvalue weighted by Crippen LogP contribution is -2.31. The van der Waals surface area contributed by atoms with Gasteiger partial charge in [-0.1, -0.05) is 18.5 Å². The molecule has 0 aromatic heterocycles. The minimum atomic E-state index is -0.387. The van der Waals surface area contributed by atoms with Crippen molar-refractivity contribution < 1.29 is 19.7 Å². The molecule has 0 saturated carbocycles. The van der Waals surface area contributed by atoms with E-state index in [1.807, 2.05) is 19.1 Å². The number of β-amino-alcohol motifs (C(OH)–C–C–N with tert-alkyl or cyclic N) is 1. The van der Waals surface area contributed by atoms with Crippen LogP contribution in [0.1, 0.15) is 25.3 Å². The fourth-order valence-electron chi connectivity index (χ4n) is 2.78. The minimum Gasteiger partial charge on any atom is -0.493 e. The van der Waals surface area contributed by atoms with E-state index in [1.54, 1.807) is 7.11 Å². The summed E-state index contributed by atoms with van der Waals surface area (Å²) in [6, 6.07) is 3.74. The molecule has 1 aliphatic heterocycles. The van der Waals surface area contributed by atoms with Crippen LogP contribution in [0, 0.1) is 0 Å². The second-order valence-electron chi connectivity index (χ2n) is 5.61. The normalized spacial score (nSPS) is 22.0. The number of nitrogens with zero attached hydrogens (tertiary/aromatic N) is 1. The lowest BCUT2D eigenvalue weighted by Gasteiger charge is -2.23. The first kappa shape index (κ1) is 17.3. The molecule has 6 heteroatoms. The number of hydrogen-bond acceptors (Lipinski definition) is 5. The molecule has 0 radical (unpaired) electrons. The molecule has 1 aromatic carbocycles. The van der Waals surface area contributed by atoms with E-state index < -0.39 is 0 Å². The van der Waals surface area contributed by atoms with Crippen LogP contribution in [-0.4, -0.2) is 54.1 Å². The zero-order valence-electron chi connectivity index (χ0n) is 13.1. The van der Waals surface area contributed by atoms with Crippen LogP contribution in [0.15, 0.2) is 12.1 Å². The maximum absolute atomic E-state index is 9.75. The molecule has 1 saturated heterocycles. The highest BCUT2D eigenvalue weighted by Crippen LogP contribution is 2.37. The fourth-order valence-corrected chi connectivity index (χ4v) is 3.07. The number of aliphatic hydroxyl groups is 2. The summed E-state index contributed by atoms with van der Waals surface area (Å²) in [6.45, 7) is 3.81. The molecule has 2 rings (SSSR count). The Kier molecular flexibility index (Phi) is 6.32. The molecule has 124 valence electrons. The van der Waals surface area contributed by atoms with Crippen molar-refractivity contribution in [2.75, 3.05) is 26.9 Å². The number of likely N-dealkylation sites (tertiary alicyclic amines) is 1. The zero-order chi connectivity index (χ0) is 16.1. The first-order chi connectivity index (χ1) is 10.6. The van der Waals surface area contributed by atoms with Crippen LogP contribution >= 0.6 is 11.6 Å². The molecular formula is C16H24ClNO4. The highest BCUT2D eigenvalue weighted by molar-refractivity contribution is 6.32. The fraction of sp³-hybridized carbons (Fsp3) is 0.625. The Labute approximate surface area is 136 Å². The quantitative estimate of drug-likeness (QED) is 0.802. The number of halogens is 1. The molecular weight excluding hydrogens is 306 g/mol. The molecule has 0 spiro atoms. The summed E-state index contributed by atoms with van der Waals surface area (Å²) >= 11 is 6.31. The topological polar surface area (TPSA) is 62.2 Å². The predicted octanol–water partition coefficient (Wildman–Crippen LogP) is 2.06. The Morgan fingerprint density at radius 3 is 2.82 bits per heavy atom. The maximum atomic E-state index is 9.75. The van der Waals surface area contributed by atoms with Crippen molar-refractivity contribution in [3.63, 3.8) is 0 Å². The van der Waals surface area contributed by atoms with E-state index in [0.29, 0.717) is 42.6 Å². The van der Waals surface area contributed by atoms with Crippen LogP contribution in [0.5, 0.6) is 11.5 Å². The lowest BCUT2D eigenvalue weighted by atomic mass is 10.1. The van der Waals surface area contributed by atoms with Gasteiger partial charge in [0, 0.05) is 19.1 Å². The van der Waals surface area contributed by atoms with Crippen molar-refractivity contribution >= 4 is 11.6 Å². The molecule has 5 nitrogen and oxygen atoms in total. The lowest BCUT2D eigenvalue weighted by molar-refractivity contribution is 0.150. The van der Waals surface area contributed by atoms with Crippen LogP contribution < -0.4 is 9.47 Å². The Hall–Kier alpha value is -1.01. The van der Waals surface area contributed by atoms with Gasteiger partial charge in [-0.25, -0.2) is 0 Å². The van der Waals surface area contributed by atoms with Crippen molar-refractivity contribution in [1.82, 2.24) is 4.90 Å². The van der Waals surface area contributed by atoms with Crippen LogP contribution in [0.3, 0.4) is 0 Å². The van der Waals surface area contributed by atoms with Crippen LogP contribution in [-0.2, 0) is 6.54 Å². The van der Waals surface area contributed by atoms with Crippen molar-refractivity contribution in [2.45, 2.75) is 38.5 Å². The highest BCUT2D eigenvalue weighted by atomic mass is 35.5. The van der Waals surface area contributed by atoms with Gasteiger partial charge in [0.15, 0.2) is 11.5 Å². The van der Waals surface area contributed by atoms with E-state index in [1.165, 1.54) is 0 Å². The van der Waals surface area contributed by atoms with E-state index in [4.69, 9.17) is 21.1 Å². The van der Waals surface area contributed by atoms with Gasteiger partial charge in [0.05, 0.1) is 31.5 Å². The third-order valence-corrected chi connectivity index (χ3v) is 4.12. The van der Waals surface area contributed by atoms with Crippen LogP contribution in [0.4, 0.5) is 0 Å². The summed E-state index contributed by atoms with van der Waals surface area (Å²) in [4.78, 5) is 2.06. The highest BCUT2D eigenvalue weighted by Gasteiger charge is 2.30. The van der Waals surface area contributed by atoms with E-state index >= 15 is 0 Å². The summed E-state index contributed by atoms with van der Waals surface area (Å²) in [5.74, 6) is 1.17. The van der Waals surface area contributed by atoms with E-state index in [9.17, 15) is 10.2 Å². The number of ether oxygens (including phenoxy) is 2. The molecule has 0 amide bonds. The Morgan fingerprint density at radius 2 is 2.18 bits per heavy atom. The Morgan fingerprint density at radius 1 is 1.41 bits per heavy atom. The number of rotatable bonds is 7. The molecule has 0 aliphatic carbocycles. The van der Waals surface area contributed by atoms with Gasteiger partial charge in [0.1, 0.15) is 0 Å². The van der Waals surface area contributed by atoms with Gasteiger partial charge < -0.3 is 19.7 Å². The molecule has 1 heterocycles. The Balaban J connectivity index is 2.16. The molecule has 1 aliphatic rings.